The van der Waals surface area contributed by atoms with Crippen molar-refractivity contribution in [3.05, 3.63) is 59.7 Å². The smallest absolute Gasteiger partial charge is 0.131 e. The molecule has 0 saturated heterocycles. The maximum atomic E-state index is 9.49. The zero-order valence-corrected chi connectivity index (χ0v) is 8.51. The van der Waals surface area contributed by atoms with Crippen LogP contribution in [0.1, 0.15) is 11.1 Å². The Bertz CT molecular complexity index is 562. The van der Waals surface area contributed by atoms with Crippen molar-refractivity contribution < 1.29 is 10.2 Å². The first kappa shape index (κ1) is 10.1. The van der Waals surface area contributed by atoms with Gasteiger partial charge in [0.1, 0.15) is 11.5 Å². The maximum Gasteiger partial charge on any atom is 0.131 e. The van der Waals surface area contributed by atoms with Crippen LogP contribution in [-0.4, -0.2) is 10.2 Å². The highest BCUT2D eigenvalue weighted by Crippen LogP contribution is 2.14. The van der Waals surface area contributed by atoms with Crippen LogP contribution in [-0.2, 0) is 0 Å². The summed E-state index contributed by atoms with van der Waals surface area (Å²) in [5.74, 6) is 6.06. The minimum Gasteiger partial charge on any atom is -0.508 e. The van der Waals surface area contributed by atoms with Crippen molar-refractivity contribution in [2.24, 2.45) is 0 Å². The molecule has 2 N–H and O–H groups in total. The van der Waals surface area contributed by atoms with Gasteiger partial charge in [-0.25, -0.2) is 0 Å². The molecule has 2 aromatic rings. The van der Waals surface area contributed by atoms with Crippen LogP contribution in [0.3, 0.4) is 0 Å². The fourth-order valence-corrected chi connectivity index (χ4v) is 1.30. The number of hydrogen-bond acceptors (Lipinski definition) is 2. The van der Waals surface area contributed by atoms with Crippen molar-refractivity contribution in [3.63, 3.8) is 0 Å². The van der Waals surface area contributed by atoms with Crippen LogP contribution in [0.5, 0.6) is 11.5 Å². The van der Waals surface area contributed by atoms with E-state index < -0.39 is 0 Å². The number of benzene rings is 2. The van der Waals surface area contributed by atoms with Crippen molar-refractivity contribution in [2.45, 2.75) is 0 Å². The molecular weight excluding hydrogens is 200 g/mol. The van der Waals surface area contributed by atoms with E-state index >= 15 is 0 Å². The Morgan fingerprint density at radius 3 is 2.38 bits per heavy atom. The standard InChI is InChI=1S/C14H10O2/c15-13-6-3-4-11(10-13)8-9-12-5-1-2-7-14(12)16/h1-7,10,15-16H. The number of para-hydroxylation sites is 1. The normalized spacial score (nSPS) is 9.25. The lowest BCUT2D eigenvalue weighted by atomic mass is 10.1. The van der Waals surface area contributed by atoms with Gasteiger partial charge in [-0.05, 0) is 30.3 Å². The minimum absolute atomic E-state index is 0.162. The van der Waals surface area contributed by atoms with Gasteiger partial charge in [0.05, 0.1) is 5.56 Å². The van der Waals surface area contributed by atoms with E-state index in [2.05, 4.69) is 11.8 Å². The molecular formula is C14H10O2. The van der Waals surface area contributed by atoms with Crippen molar-refractivity contribution in [3.8, 4) is 23.3 Å². The molecule has 0 spiro atoms. The SMILES string of the molecule is Oc1cccc(C#Cc2ccccc2O)c1. The predicted molar refractivity (Wildman–Crippen MR) is 62.2 cm³/mol. The molecule has 0 fully saturated rings. The number of phenols is 2. The second kappa shape index (κ2) is 4.41. The first-order chi connectivity index (χ1) is 7.75. The lowest BCUT2D eigenvalue weighted by molar-refractivity contribution is 0.473. The summed E-state index contributed by atoms with van der Waals surface area (Å²) in [6.07, 6.45) is 0. The lowest BCUT2D eigenvalue weighted by Gasteiger charge is -1.94. The lowest BCUT2D eigenvalue weighted by Crippen LogP contribution is -1.76. The third-order valence-electron chi connectivity index (χ3n) is 2.09. The van der Waals surface area contributed by atoms with E-state index in [0.717, 1.165) is 0 Å². The summed E-state index contributed by atoms with van der Waals surface area (Å²) in [5, 5.41) is 18.7. The molecule has 2 aromatic carbocycles. The largest absolute Gasteiger partial charge is 0.508 e. The van der Waals surface area contributed by atoms with Crippen molar-refractivity contribution in [1.29, 1.82) is 0 Å². The fourth-order valence-electron chi connectivity index (χ4n) is 1.30. The summed E-state index contributed by atoms with van der Waals surface area (Å²) in [6.45, 7) is 0. The quantitative estimate of drug-likeness (QED) is 0.656. The van der Waals surface area contributed by atoms with E-state index in [1.54, 1.807) is 42.5 Å². The monoisotopic (exact) mass is 210 g/mol. The van der Waals surface area contributed by atoms with Gasteiger partial charge in [-0.3, -0.25) is 0 Å². The van der Waals surface area contributed by atoms with Gasteiger partial charge in [-0.1, -0.05) is 30.0 Å². The Morgan fingerprint density at radius 1 is 0.812 bits per heavy atom. The molecule has 0 aromatic heterocycles. The average molecular weight is 210 g/mol. The van der Waals surface area contributed by atoms with E-state index in [1.165, 1.54) is 0 Å². The molecule has 0 atom stereocenters. The van der Waals surface area contributed by atoms with E-state index in [4.69, 9.17) is 0 Å². The molecule has 0 aliphatic carbocycles. The van der Waals surface area contributed by atoms with Crippen LogP contribution in [0.15, 0.2) is 48.5 Å². The van der Waals surface area contributed by atoms with Crippen LogP contribution in [0.4, 0.5) is 0 Å². The van der Waals surface area contributed by atoms with Crippen LogP contribution in [0.2, 0.25) is 0 Å². The summed E-state index contributed by atoms with van der Waals surface area (Å²) < 4.78 is 0. The summed E-state index contributed by atoms with van der Waals surface area (Å²) in [6, 6.07) is 13.6. The second-order valence-corrected chi connectivity index (χ2v) is 3.32. The fraction of sp³-hybridized carbons (Fsp3) is 0. The molecule has 0 aliphatic heterocycles. The van der Waals surface area contributed by atoms with Gasteiger partial charge >= 0.3 is 0 Å². The second-order valence-electron chi connectivity index (χ2n) is 3.32. The molecule has 0 heterocycles. The van der Waals surface area contributed by atoms with Gasteiger partial charge in [-0.2, -0.15) is 0 Å². The van der Waals surface area contributed by atoms with Crippen LogP contribution in [0, 0.1) is 11.8 Å². The summed E-state index contributed by atoms with van der Waals surface area (Å²) in [5.41, 5.74) is 1.29. The van der Waals surface area contributed by atoms with E-state index in [0.29, 0.717) is 11.1 Å². The van der Waals surface area contributed by atoms with Gasteiger partial charge in [0.15, 0.2) is 0 Å². The summed E-state index contributed by atoms with van der Waals surface area (Å²) >= 11 is 0. The van der Waals surface area contributed by atoms with Crippen molar-refractivity contribution in [2.75, 3.05) is 0 Å². The molecule has 0 radical (unpaired) electrons. The molecule has 16 heavy (non-hydrogen) atoms. The third kappa shape index (κ3) is 2.34. The molecule has 2 rings (SSSR count). The Balaban J connectivity index is 2.32. The van der Waals surface area contributed by atoms with Gasteiger partial charge in [0, 0.05) is 5.56 Å². The molecule has 0 amide bonds. The summed E-state index contributed by atoms with van der Waals surface area (Å²) in [7, 11) is 0. The number of hydrogen-bond donors (Lipinski definition) is 2. The number of aromatic hydroxyl groups is 2. The predicted octanol–water partition coefficient (Wildman–Crippen LogP) is 2.50. The molecule has 0 saturated carbocycles. The van der Waals surface area contributed by atoms with Crippen molar-refractivity contribution in [1.82, 2.24) is 0 Å². The highest BCUT2D eigenvalue weighted by atomic mass is 16.3. The van der Waals surface area contributed by atoms with Gasteiger partial charge in [-0.15, -0.1) is 0 Å². The maximum absolute atomic E-state index is 9.49. The van der Waals surface area contributed by atoms with Gasteiger partial charge in [0.25, 0.3) is 0 Å². The Kier molecular flexibility index (Phi) is 2.79. The molecule has 0 aliphatic rings. The number of phenolic OH excluding ortho intramolecular Hbond substituents is 2. The van der Waals surface area contributed by atoms with E-state index in [9.17, 15) is 10.2 Å². The van der Waals surface area contributed by atoms with Crippen LogP contribution in [0.25, 0.3) is 0 Å². The van der Waals surface area contributed by atoms with Crippen molar-refractivity contribution >= 4 is 0 Å². The Morgan fingerprint density at radius 2 is 1.62 bits per heavy atom. The Hall–Kier alpha value is -2.40. The molecule has 78 valence electrons. The van der Waals surface area contributed by atoms with E-state index in [-0.39, 0.29) is 11.5 Å². The van der Waals surface area contributed by atoms with E-state index in [1.807, 2.05) is 6.07 Å². The zero-order valence-electron chi connectivity index (χ0n) is 8.51. The molecule has 2 nitrogen and oxygen atoms in total. The third-order valence-corrected chi connectivity index (χ3v) is 2.09. The molecule has 0 bridgehead atoms. The first-order valence-electron chi connectivity index (χ1n) is 4.85. The van der Waals surface area contributed by atoms with Gasteiger partial charge < -0.3 is 10.2 Å². The Labute approximate surface area is 93.8 Å². The molecule has 0 unspecified atom stereocenters. The van der Waals surface area contributed by atoms with Crippen LogP contribution < -0.4 is 0 Å². The first-order valence-corrected chi connectivity index (χ1v) is 4.85. The average Bonchev–Trinajstić information content (AvgIpc) is 2.28. The highest BCUT2D eigenvalue weighted by molar-refractivity contribution is 5.49. The van der Waals surface area contributed by atoms with Crippen LogP contribution >= 0.6 is 0 Å². The topological polar surface area (TPSA) is 40.5 Å². The minimum atomic E-state index is 0.162. The highest BCUT2D eigenvalue weighted by Gasteiger charge is 1.94. The summed E-state index contributed by atoms with van der Waals surface area (Å²) in [4.78, 5) is 0. The number of rotatable bonds is 0. The zero-order chi connectivity index (χ0) is 11.4. The molecule has 2 heteroatoms. The van der Waals surface area contributed by atoms with Gasteiger partial charge in [0.2, 0.25) is 0 Å².